The van der Waals surface area contributed by atoms with Crippen molar-refractivity contribution in [3.63, 3.8) is 0 Å². The SMILES string of the molecule is CC1(C)Cc2cccc(OC(CN(Cc3cccc(N)c3)C(=O)O)C(C)(C)C)c2O1. The molecule has 3 rings (SSSR count). The summed E-state index contributed by atoms with van der Waals surface area (Å²) < 4.78 is 12.5. The minimum atomic E-state index is -0.994. The van der Waals surface area contributed by atoms with E-state index in [4.69, 9.17) is 15.2 Å². The third kappa shape index (κ3) is 5.17. The van der Waals surface area contributed by atoms with Gasteiger partial charge < -0.3 is 25.2 Å². The van der Waals surface area contributed by atoms with Crippen LogP contribution in [0.5, 0.6) is 11.5 Å². The van der Waals surface area contributed by atoms with Crippen LogP contribution in [-0.4, -0.2) is 34.3 Å². The predicted molar refractivity (Wildman–Crippen MR) is 118 cm³/mol. The molecule has 1 unspecified atom stereocenters. The number of nitrogen functional groups attached to an aromatic ring is 1. The highest BCUT2D eigenvalue weighted by Crippen LogP contribution is 2.43. The lowest BCUT2D eigenvalue weighted by molar-refractivity contribution is 0.0413. The number of para-hydroxylation sites is 1. The molecule has 0 spiro atoms. The lowest BCUT2D eigenvalue weighted by Gasteiger charge is -2.35. The van der Waals surface area contributed by atoms with Crippen molar-refractivity contribution in [1.82, 2.24) is 4.90 Å². The van der Waals surface area contributed by atoms with Crippen molar-refractivity contribution in [2.75, 3.05) is 12.3 Å². The predicted octanol–water partition coefficient (Wildman–Crippen LogP) is 4.96. The molecule has 0 radical (unpaired) electrons. The van der Waals surface area contributed by atoms with E-state index in [9.17, 15) is 9.90 Å². The van der Waals surface area contributed by atoms with Crippen LogP contribution in [-0.2, 0) is 13.0 Å². The zero-order valence-electron chi connectivity index (χ0n) is 18.4. The van der Waals surface area contributed by atoms with Crippen molar-refractivity contribution in [2.45, 2.75) is 59.3 Å². The summed E-state index contributed by atoms with van der Waals surface area (Å²) in [5, 5.41) is 9.82. The molecule has 1 heterocycles. The van der Waals surface area contributed by atoms with Crippen molar-refractivity contribution in [3.05, 3.63) is 53.6 Å². The van der Waals surface area contributed by atoms with Gasteiger partial charge in [-0.15, -0.1) is 0 Å². The van der Waals surface area contributed by atoms with Gasteiger partial charge in [-0.25, -0.2) is 4.79 Å². The Morgan fingerprint density at radius 3 is 2.60 bits per heavy atom. The van der Waals surface area contributed by atoms with Gasteiger partial charge in [-0.1, -0.05) is 45.0 Å². The zero-order valence-corrected chi connectivity index (χ0v) is 18.4. The largest absolute Gasteiger partial charge is 0.484 e. The van der Waals surface area contributed by atoms with Crippen LogP contribution in [0.2, 0.25) is 0 Å². The molecule has 0 aromatic heterocycles. The van der Waals surface area contributed by atoms with Gasteiger partial charge in [-0.05, 0) is 37.6 Å². The van der Waals surface area contributed by atoms with Gasteiger partial charge in [0.25, 0.3) is 0 Å². The van der Waals surface area contributed by atoms with Crippen LogP contribution in [0.4, 0.5) is 10.5 Å². The van der Waals surface area contributed by atoms with Crippen LogP contribution in [0.3, 0.4) is 0 Å². The number of anilines is 1. The Hall–Kier alpha value is -2.89. The first kappa shape index (κ1) is 21.8. The molecule has 0 bridgehead atoms. The van der Waals surface area contributed by atoms with Gasteiger partial charge in [0.15, 0.2) is 11.5 Å². The van der Waals surface area contributed by atoms with Crippen molar-refractivity contribution >= 4 is 11.8 Å². The van der Waals surface area contributed by atoms with Crippen molar-refractivity contribution < 1.29 is 19.4 Å². The summed E-state index contributed by atoms with van der Waals surface area (Å²) in [7, 11) is 0. The highest BCUT2D eigenvalue weighted by Gasteiger charge is 2.35. The molecule has 0 aliphatic carbocycles. The highest BCUT2D eigenvalue weighted by atomic mass is 16.5. The number of rotatable bonds is 6. The highest BCUT2D eigenvalue weighted by molar-refractivity contribution is 5.65. The molecule has 162 valence electrons. The minimum Gasteiger partial charge on any atom is -0.484 e. The summed E-state index contributed by atoms with van der Waals surface area (Å²) in [6.07, 6.45) is -0.546. The minimum absolute atomic E-state index is 0.223. The maximum atomic E-state index is 12.0. The van der Waals surface area contributed by atoms with Crippen LogP contribution in [0.15, 0.2) is 42.5 Å². The van der Waals surface area contributed by atoms with E-state index in [0.29, 0.717) is 11.4 Å². The van der Waals surface area contributed by atoms with Crippen molar-refractivity contribution in [3.8, 4) is 11.5 Å². The molecule has 3 N–H and O–H groups in total. The molecule has 1 atom stereocenters. The second kappa shape index (κ2) is 8.09. The van der Waals surface area contributed by atoms with Crippen LogP contribution in [0, 0.1) is 5.41 Å². The fraction of sp³-hybridized carbons (Fsp3) is 0.458. The first-order valence-corrected chi connectivity index (χ1v) is 10.2. The molecule has 1 amide bonds. The summed E-state index contributed by atoms with van der Waals surface area (Å²) in [5.74, 6) is 1.42. The Kier molecular flexibility index (Phi) is 5.88. The Labute approximate surface area is 178 Å². The molecule has 0 fully saturated rings. The van der Waals surface area contributed by atoms with E-state index in [1.54, 1.807) is 12.1 Å². The van der Waals surface area contributed by atoms with Gasteiger partial charge in [0.1, 0.15) is 11.7 Å². The van der Waals surface area contributed by atoms with Gasteiger partial charge in [0.05, 0.1) is 6.54 Å². The number of nitrogens with zero attached hydrogens (tertiary/aromatic N) is 1. The third-order valence-corrected chi connectivity index (χ3v) is 5.27. The average Bonchev–Trinajstić information content (AvgIpc) is 2.94. The molecular weight excluding hydrogens is 380 g/mol. The molecule has 6 nitrogen and oxygen atoms in total. The Morgan fingerprint density at radius 1 is 1.27 bits per heavy atom. The van der Waals surface area contributed by atoms with Gasteiger partial charge in [0.2, 0.25) is 0 Å². The summed E-state index contributed by atoms with van der Waals surface area (Å²) in [5.41, 5.74) is 7.85. The van der Waals surface area contributed by atoms with Crippen LogP contribution < -0.4 is 15.2 Å². The number of carboxylic acid groups (broad SMARTS) is 1. The number of fused-ring (bicyclic) bond motifs is 1. The fourth-order valence-corrected chi connectivity index (χ4v) is 3.64. The van der Waals surface area contributed by atoms with Crippen LogP contribution in [0.25, 0.3) is 0 Å². The van der Waals surface area contributed by atoms with Crippen molar-refractivity contribution in [2.24, 2.45) is 5.41 Å². The van der Waals surface area contributed by atoms with Crippen LogP contribution in [0.1, 0.15) is 45.7 Å². The molecule has 2 aromatic carbocycles. The number of benzene rings is 2. The topological polar surface area (TPSA) is 85.0 Å². The molecule has 2 aromatic rings. The smallest absolute Gasteiger partial charge is 0.407 e. The molecule has 1 aliphatic heterocycles. The number of ether oxygens (including phenoxy) is 2. The fourth-order valence-electron chi connectivity index (χ4n) is 3.64. The number of amides is 1. The third-order valence-electron chi connectivity index (χ3n) is 5.27. The second-order valence-electron chi connectivity index (χ2n) is 9.66. The lowest BCUT2D eigenvalue weighted by atomic mass is 9.88. The maximum Gasteiger partial charge on any atom is 0.407 e. The van der Waals surface area contributed by atoms with E-state index < -0.39 is 6.09 Å². The van der Waals surface area contributed by atoms with E-state index >= 15 is 0 Å². The Balaban J connectivity index is 1.83. The summed E-state index contributed by atoms with van der Waals surface area (Å²) in [6.45, 7) is 10.7. The van der Waals surface area contributed by atoms with E-state index in [2.05, 4.69) is 13.8 Å². The van der Waals surface area contributed by atoms with Crippen LogP contribution >= 0.6 is 0 Å². The summed E-state index contributed by atoms with van der Waals surface area (Å²) in [6, 6.07) is 13.2. The monoisotopic (exact) mass is 412 g/mol. The number of carbonyl (C=O) groups is 1. The van der Waals surface area contributed by atoms with Gasteiger partial charge >= 0.3 is 6.09 Å². The van der Waals surface area contributed by atoms with Gasteiger partial charge in [-0.3, -0.25) is 0 Å². The molecule has 30 heavy (non-hydrogen) atoms. The number of hydrogen-bond donors (Lipinski definition) is 2. The summed E-state index contributed by atoms with van der Waals surface area (Å²) >= 11 is 0. The van der Waals surface area contributed by atoms with E-state index in [1.165, 1.54) is 4.90 Å². The summed E-state index contributed by atoms with van der Waals surface area (Å²) in [4.78, 5) is 13.4. The van der Waals surface area contributed by atoms with E-state index in [0.717, 1.165) is 23.3 Å². The van der Waals surface area contributed by atoms with Gasteiger partial charge in [0, 0.05) is 29.6 Å². The quantitative estimate of drug-likeness (QED) is 0.655. The van der Waals surface area contributed by atoms with E-state index in [-0.39, 0.29) is 30.2 Å². The first-order valence-electron chi connectivity index (χ1n) is 10.2. The molecule has 0 saturated carbocycles. The van der Waals surface area contributed by atoms with E-state index in [1.807, 2.05) is 51.1 Å². The maximum absolute atomic E-state index is 12.0. The Bertz CT molecular complexity index is 918. The molecule has 6 heteroatoms. The van der Waals surface area contributed by atoms with Gasteiger partial charge in [-0.2, -0.15) is 0 Å². The second-order valence-corrected chi connectivity index (χ2v) is 9.66. The lowest BCUT2D eigenvalue weighted by Crippen LogP contribution is -2.45. The standard InChI is InChI=1S/C24H32N2O4/c1-23(2,3)20(15-26(22(27)28)14-16-8-6-10-18(25)12-16)29-19-11-7-9-17-13-24(4,5)30-21(17)19/h6-12,20H,13-15,25H2,1-5H3,(H,27,28). The van der Waals surface area contributed by atoms with Crippen molar-refractivity contribution in [1.29, 1.82) is 0 Å². The Morgan fingerprint density at radius 2 is 1.97 bits per heavy atom. The number of nitrogens with two attached hydrogens (primary N) is 1. The first-order chi connectivity index (χ1) is 13.9. The molecule has 1 aliphatic rings. The average molecular weight is 413 g/mol. The number of hydrogen-bond acceptors (Lipinski definition) is 4. The zero-order chi connectivity index (χ0) is 22.1. The molecule has 0 saturated heterocycles. The normalized spacial score (nSPS) is 15.8. The molecular formula is C24H32N2O4.